The van der Waals surface area contributed by atoms with Gasteiger partial charge in [0.2, 0.25) is 0 Å². The highest BCUT2D eigenvalue weighted by molar-refractivity contribution is 7.19. The fourth-order valence-electron chi connectivity index (χ4n) is 4.56. The summed E-state index contributed by atoms with van der Waals surface area (Å²) in [6, 6.07) is 10.1. The Bertz CT molecular complexity index is 896. The molecule has 1 aromatic heterocycles. The minimum Gasteiger partial charge on any atom is -0.349 e. The highest BCUT2D eigenvalue weighted by Gasteiger charge is 2.60. The molecular weight excluding hydrogens is 406 g/mol. The van der Waals surface area contributed by atoms with Gasteiger partial charge in [0, 0.05) is 9.58 Å². The van der Waals surface area contributed by atoms with E-state index in [0.29, 0.717) is 6.61 Å². The van der Waals surface area contributed by atoms with Crippen molar-refractivity contribution in [1.82, 2.24) is 5.06 Å². The SMILES string of the molecule is C[C@H](c1cc2ccccc2s1)N(O)[C@H]1O[C@H]([C@H]2COC(C)(C)O2)[C@@H]2OC(C)(C)O[C@@H]21. The molecule has 0 unspecified atom stereocenters. The van der Waals surface area contributed by atoms with Gasteiger partial charge in [-0.1, -0.05) is 18.2 Å². The molecule has 164 valence electrons. The summed E-state index contributed by atoms with van der Waals surface area (Å²) in [4.78, 5) is 1.06. The van der Waals surface area contributed by atoms with Crippen LogP contribution in [0.4, 0.5) is 0 Å². The second-order valence-electron chi connectivity index (χ2n) is 9.17. The average Bonchev–Trinajstić information content (AvgIpc) is 3.41. The third-order valence-corrected chi connectivity index (χ3v) is 7.26. The Hall–Kier alpha value is -1.10. The van der Waals surface area contributed by atoms with E-state index < -0.39 is 30.0 Å². The highest BCUT2D eigenvalue weighted by atomic mass is 32.1. The Balaban J connectivity index is 1.39. The van der Waals surface area contributed by atoms with E-state index in [2.05, 4.69) is 18.2 Å². The molecule has 5 rings (SSSR count). The van der Waals surface area contributed by atoms with Gasteiger partial charge < -0.3 is 28.9 Å². The van der Waals surface area contributed by atoms with Crippen molar-refractivity contribution in [3.8, 4) is 0 Å². The van der Waals surface area contributed by atoms with Gasteiger partial charge in [-0.15, -0.1) is 11.3 Å². The van der Waals surface area contributed by atoms with Crippen molar-refractivity contribution >= 4 is 21.4 Å². The first-order valence-electron chi connectivity index (χ1n) is 10.4. The lowest BCUT2D eigenvalue weighted by Gasteiger charge is -2.32. The Labute approximate surface area is 180 Å². The van der Waals surface area contributed by atoms with Crippen molar-refractivity contribution in [3.63, 3.8) is 0 Å². The maximum atomic E-state index is 11.2. The number of rotatable bonds is 4. The van der Waals surface area contributed by atoms with Crippen LogP contribution in [0.25, 0.3) is 10.1 Å². The Morgan fingerprint density at radius 2 is 1.77 bits per heavy atom. The van der Waals surface area contributed by atoms with Crippen molar-refractivity contribution in [3.05, 3.63) is 35.2 Å². The van der Waals surface area contributed by atoms with Crippen LogP contribution in [0, 0.1) is 0 Å². The number of fused-ring (bicyclic) bond motifs is 2. The largest absolute Gasteiger partial charge is 0.349 e. The summed E-state index contributed by atoms with van der Waals surface area (Å²) in [5.74, 6) is -1.42. The number of nitrogens with zero attached hydrogens (tertiary/aromatic N) is 1. The highest BCUT2D eigenvalue weighted by Crippen LogP contribution is 2.44. The van der Waals surface area contributed by atoms with E-state index in [-0.39, 0.29) is 18.2 Å². The van der Waals surface area contributed by atoms with E-state index >= 15 is 0 Å². The van der Waals surface area contributed by atoms with Crippen molar-refractivity contribution in [1.29, 1.82) is 0 Å². The van der Waals surface area contributed by atoms with Crippen molar-refractivity contribution in [2.24, 2.45) is 0 Å². The van der Waals surface area contributed by atoms with E-state index in [1.54, 1.807) is 11.3 Å². The average molecular weight is 436 g/mol. The summed E-state index contributed by atoms with van der Waals surface area (Å²) in [5, 5.41) is 13.6. The van der Waals surface area contributed by atoms with Crippen LogP contribution < -0.4 is 0 Å². The van der Waals surface area contributed by atoms with E-state index in [1.807, 2.05) is 46.8 Å². The van der Waals surface area contributed by atoms with Crippen LogP contribution in [0.3, 0.4) is 0 Å². The summed E-state index contributed by atoms with van der Waals surface area (Å²) in [5.41, 5.74) is 0. The lowest BCUT2D eigenvalue weighted by Crippen LogP contribution is -2.43. The number of hydroxylamine groups is 2. The van der Waals surface area contributed by atoms with Gasteiger partial charge in [-0.05, 0) is 52.1 Å². The van der Waals surface area contributed by atoms with Crippen LogP contribution in [0.1, 0.15) is 45.5 Å². The molecule has 0 aliphatic carbocycles. The Morgan fingerprint density at radius 3 is 2.47 bits per heavy atom. The van der Waals surface area contributed by atoms with Crippen LogP contribution in [0.5, 0.6) is 0 Å². The molecule has 30 heavy (non-hydrogen) atoms. The first-order chi connectivity index (χ1) is 14.1. The van der Waals surface area contributed by atoms with Gasteiger partial charge in [0.25, 0.3) is 0 Å². The lowest BCUT2D eigenvalue weighted by molar-refractivity contribution is -0.282. The van der Waals surface area contributed by atoms with Crippen LogP contribution in [-0.2, 0) is 23.7 Å². The number of ether oxygens (including phenoxy) is 5. The summed E-state index contributed by atoms with van der Waals surface area (Å²) in [6.45, 7) is 9.91. The monoisotopic (exact) mass is 435 g/mol. The molecule has 1 N–H and O–H groups in total. The van der Waals surface area contributed by atoms with Crippen LogP contribution in [0.15, 0.2) is 30.3 Å². The van der Waals surface area contributed by atoms with E-state index in [4.69, 9.17) is 23.7 Å². The van der Waals surface area contributed by atoms with E-state index in [9.17, 15) is 5.21 Å². The number of hydrogen-bond donors (Lipinski definition) is 1. The molecule has 1 aromatic carbocycles. The molecule has 0 saturated carbocycles. The quantitative estimate of drug-likeness (QED) is 0.727. The molecule has 3 saturated heterocycles. The minimum absolute atomic E-state index is 0.267. The molecule has 0 bridgehead atoms. The Kier molecular flexibility index (Phi) is 5.00. The second kappa shape index (κ2) is 7.21. The molecule has 0 spiro atoms. The molecule has 0 amide bonds. The van der Waals surface area contributed by atoms with Gasteiger partial charge in [-0.3, -0.25) is 0 Å². The van der Waals surface area contributed by atoms with Gasteiger partial charge in [0.1, 0.15) is 24.4 Å². The first-order valence-corrected chi connectivity index (χ1v) is 11.2. The van der Waals surface area contributed by atoms with Gasteiger partial charge in [0.15, 0.2) is 17.8 Å². The molecule has 8 heteroatoms. The van der Waals surface area contributed by atoms with Gasteiger partial charge in [-0.25, -0.2) is 0 Å². The molecule has 0 radical (unpaired) electrons. The third-order valence-electron chi connectivity index (χ3n) is 5.98. The summed E-state index contributed by atoms with van der Waals surface area (Å²) < 4.78 is 31.6. The minimum atomic E-state index is -0.758. The number of hydrogen-bond acceptors (Lipinski definition) is 8. The fraction of sp³-hybridized carbons (Fsp3) is 0.636. The molecule has 2 aromatic rings. The Morgan fingerprint density at radius 1 is 1.03 bits per heavy atom. The molecular formula is C22H29NO6S. The van der Waals surface area contributed by atoms with Crippen LogP contribution in [-0.4, -0.2) is 59.1 Å². The predicted molar refractivity (Wildman–Crippen MR) is 111 cm³/mol. The normalized spacial score (nSPS) is 35.9. The first kappa shape index (κ1) is 20.8. The van der Waals surface area contributed by atoms with Crippen molar-refractivity contribution in [2.45, 2.75) is 82.9 Å². The van der Waals surface area contributed by atoms with Crippen LogP contribution in [0.2, 0.25) is 0 Å². The van der Waals surface area contributed by atoms with E-state index in [1.165, 1.54) is 15.1 Å². The smallest absolute Gasteiger partial charge is 0.164 e. The summed E-state index contributed by atoms with van der Waals surface area (Å²) >= 11 is 1.67. The molecule has 7 nitrogen and oxygen atoms in total. The molecule has 3 fully saturated rings. The van der Waals surface area contributed by atoms with Gasteiger partial charge >= 0.3 is 0 Å². The third kappa shape index (κ3) is 3.59. The topological polar surface area (TPSA) is 69.6 Å². The van der Waals surface area contributed by atoms with Crippen molar-refractivity contribution in [2.75, 3.05) is 6.61 Å². The zero-order chi connectivity index (χ0) is 21.3. The lowest BCUT2D eigenvalue weighted by atomic mass is 10.1. The zero-order valence-electron chi connectivity index (χ0n) is 17.9. The predicted octanol–water partition coefficient (Wildman–Crippen LogP) is 4.05. The van der Waals surface area contributed by atoms with Gasteiger partial charge in [0.05, 0.1) is 12.6 Å². The fourth-order valence-corrected chi connectivity index (χ4v) is 5.67. The molecule has 6 atom stereocenters. The molecule has 4 heterocycles. The number of benzene rings is 1. The zero-order valence-corrected chi connectivity index (χ0v) is 18.7. The van der Waals surface area contributed by atoms with Crippen LogP contribution >= 0.6 is 11.3 Å². The maximum absolute atomic E-state index is 11.2. The second-order valence-corrected chi connectivity index (χ2v) is 10.3. The van der Waals surface area contributed by atoms with Crippen molar-refractivity contribution < 1.29 is 28.9 Å². The maximum Gasteiger partial charge on any atom is 0.164 e. The molecule has 3 aliphatic heterocycles. The molecule has 3 aliphatic rings. The number of thiophene rings is 1. The summed E-state index contributed by atoms with van der Waals surface area (Å²) in [6.07, 6.45) is -2.14. The van der Waals surface area contributed by atoms with E-state index in [0.717, 1.165) is 4.88 Å². The standard InChI is InChI=1S/C22H29NO6S/c1-12(16-10-13-8-6-7-9-15(13)30-16)23(24)20-19-18(28-22(4,5)29-19)17(26-20)14-11-25-21(2,3)27-14/h6-10,12,14,17-20,24H,11H2,1-5H3/t12-,14-,17-,18+,19+,20+/m1/s1. The van der Waals surface area contributed by atoms with Gasteiger partial charge in [-0.2, -0.15) is 5.06 Å². The summed E-state index contributed by atoms with van der Waals surface area (Å²) in [7, 11) is 0.